The van der Waals surface area contributed by atoms with Crippen LogP contribution < -0.4 is 10.1 Å². The molecule has 1 aromatic heterocycles. The molecule has 2 N–H and O–H groups in total. The van der Waals surface area contributed by atoms with Crippen LogP contribution in [0.3, 0.4) is 0 Å². The van der Waals surface area contributed by atoms with Crippen molar-refractivity contribution in [3.05, 3.63) is 42.1 Å². The Kier molecular flexibility index (Phi) is 4.63. The molecule has 1 aromatic carbocycles. The molecular weight excluding hydrogens is 236 g/mol. The molecule has 0 aliphatic carbocycles. The minimum absolute atomic E-state index is 0.700. The van der Waals surface area contributed by atoms with Crippen LogP contribution in [-0.4, -0.2) is 24.7 Å². The van der Waals surface area contributed by atoms with Crippen LogP contribution >= 0.6 is 0 Å². The van der Waals surface area contributed by atoms with E-state index in [0.29, 0.717) is 6.61 Å². The van der Waals surface area contributed by atoms with Gasteiger partial charge in [-0.2, -0.15) is 0 Å². The lowest BCUT2D eigenvalue weighted by Gasteiger charge is -2.05. The molecule has 0 radical (unpaired) electrons. The van der Waals surface area contributed by atoms with Gasteiger partial charge in [-0.1, -0.05) is 6.08 Å². The lowest BCUT2D eigenvalue weighted by atomic mass is 10.1. The van der Waals surface area contributed by atoms with Crippen LogP contribution in [0.1, 0.15) is 18.2 Å². The Morgan fingerprint density at radius 1 is 1.42 bits per heavy atom. The third kappa shape index (κ3) is 3.18. The summed E-state index contributed by atoms with van der Waals surface area (Å²) in [4.78, 5) is 3.43. The standard InChI is InChI=1S/C16H22N2O/c1-4-9-17-10-8-14-12(3)18-16-7-6-13(19-5-2)11-15(14)16/h4,6-7,11,17-18H,1,5,8-10H2,2-3H3. The number of benzene rings is 1. The van der Waals surface area contributed by atoms with Crippen molar-refractivity contribution < 1.29 is 4.74 Å². The highest BCUT2D eigenvalue weighted by molar-refractivity contribution is 5.86. The predicted molar refractivity (Wildman–Crippen MR) is 81.0 cm³/mol. The molecule has 0 fully saturated rings. The monoisotopic (exact) mass is 258 g/mol. The average Bonchev–Trinajstić information content (AvgIpc) is 2.71. The van der Waals surface area contributed by atoms with Crippen LogP contribution in [0.4, 0.5) is 0 Å². The zero-order chi connectivity index (χ0) is 13.7. The lowest BCUT2D eigenvalue weighted by Crippen LogP contribution is -2.16. The van der Waals surface area contributed by atoms with Crippen LogP contribution in [0.5, 0.6) is 5.75 Å². The van der Waals surface area contributed by atoms with Crippen LogP contribution in [0.2, 0.25) is 0 Å². The van der Waals surface area contributed by atoms with Gasteiger partial charge in [0.2, 0.25) is 0 Å². The highest BCUT2D eigenvalue weighted by atomic mass is 16.5. The van der Waals surface area contributed by atoms with Crippen molar-refractivity contribution in [3.63, 3.8) is 0 Å². The van der Waals surface area contributed by atoms with Crippen molar-refractivity contribution in [2.45, 2.75) is 20.3 Å². The van der Waals surface area contributed by atoms with E-state index >= 15 is 0 Å². The van der Waals surface area contributed by atoms with E-state index in [0.717, 1.165) is 25.3 Å². The molecule has 1 heterocycles. The Bertz CT molecular complexity index is 557. The van der Waals surface area contributed by atoms with Gasteiger partial charge < -0.3 is 15.0 Å². The summed E-state index contributed by atoms with van der Waals surface area (Å²) in [5.74, 6) is 0.939. The van der Waals surface area contributed by atoms with Crippen molar-refractivity contribution in [2.24, 2.45) is 0 Å². The molecule has 0 atom stereocenters. The van der Waals surface area contributed by atoms with Crippen LogP contribution in [0.15, 0.2) is 30.9 Å². The normalized spacial score (nSPS) is 10.8. The SMILES string of the molecule is C=CCNCCc1c(C)[nH]c2ccc(OCC)cc12. The van der Waals surface area contributed by atoms with Crippen molar-refractivity contribution in [1.29, 1.82) is 0 Å². The smallest absolute Gasteiger partial charge is 0.120 e. The quantitative estimate of drug-likeness (QED) is 0.591. The fraction of sp³-hybridized carbons (Fsp3) is 0.375. The van der Waals surface area contributed by atoms with Gasteiger partial charge in [0.15, 0.2) is 0 Å². The van der Waals surface area contributed by atoms with Gasteiger partial charge in [0, 0.05) is 23.1 Å². The zero-order valence-electron chi connectivity index (χ0n) is 11.8. The lowest BCUT2D eigenvalue weighted by molar-refractivity contribution is 0.340. The second kappa shape index (κ2) is 6.43. The molecule has 19 heavy (non-hydrogen) atoms. The highest BCUT2D eigenvalue weighted by Crippen LogP contribution is 2.26. The first-order valence-corrected chi connectivity index (χ1v) is 6.82. The summed E-state index contributed by atoms with van der Waals surface area (Å²) < 4.78 is 5.58. The summed E-state index contributed by atoms with van der Waals surface area (Å²) in [5, 5.41) is 4.61. The minimum Gasteiger partial charge on any atom is -0.494 e. The van der Waals surface area contributed by atoms with Gasteiger partial charge >= 0.3 is 0 Å². The number of aryl methyl sites for hydroxylation is 1. The van der Waals surface area contributed by atoms with Crippen LogP contribution in [0, 0.1) is 6.92 Å². The first-order valence-electron chi connectivity index (χ1n) is 6.82. The van der Waals surface area contributed by atoms with Crippen molar-refractivity contribution >= 4 is 10.9 Å². The molecule has 0 saturated carbocycles. The minimum atomic E-state index is 0.700. The number of aromatic amines is 1. The van der Waals surface area contributed by atoms with E-state index in [1.165, 1.54) is 22.2 Å². The molecule has 0 aliphatic heterocycles. The zero-order valence-corrected chi connectivity index (χ0v) is 11.8. The van der Waals surface area contributed by atoms with E-state index in [4.69, 9.17) is 4.74 Å². The molecule has 3 heteroatoms. The predicted octanol–water partition coefficient (Wildman–Crippen LogP) is 3.19. The Labute approximate surface area is 114 Å². The third-order valence-corrected chi connectivity index (χ3v) is 3.24. The molecular formula is C16H22N2O. The van der Waals surface area contributed by atoms with Gasteiger partial charge in [-0.3, -0.25) is 0 Å². The molecule has 2 aromatic rings. The molecule has 0 aliphatic rings. The van der Waals surface area contributed by atoms with Crippen molar-refractivity contribution in [2.75, 3.05) is 19.7 Å². The summed E-state index contributed by atoms with van der Waals surface area (Å²) in [6.07, 6.45) is 2.89. The Morgan fingerprint density at radius 3 is 3.00 bits per heavy atom. The maximum atomic E-state index is 5.58. The van der Waals surface area contributed by atoms with Crippen LogP contribution in [-0.2, 0) is 6.42 Å². The van der Waals surface area contributed by atoms with Gasteiger partial charge in [0.25, 0.3) is 0 Å². The van der Waals surface area contributed by atoms with Crippen molar-refractivity contribution in [1.82, 2.24) is 10.3 Å². The van der Waals surface area contributed by atoms with E-state index < -0.39 is 0 Å². The van der Waals surface area contributed by atoms with Crippen molar-refractivity contribution in [3.8, 4) is 5.75 Å². The number of aromatic nitrogens is 1. The fourth-order valence-electron chi connectivity index (χ4n) is 2.36. The Balaban J connectivity index is 2.22. The summed E-state index contributed by atoms with van der Waals surface area (Å²) >= 11 is 0. The molecule has 0 bridgehead atoms. The van der Waals surface area contributed by atoms with E-state index in [1.807, 2.05) is 19.1 Å². The molecule has 102 valence electrons. The number of hydrogen-bond donors (Lipinski definition) is 2. The van der Waals surface area contributed by atoms with Gasteiger partial charge in [-0.05, 0) is 50.6 Å². The fourth-order valence-corrected chi connectivity index (χ4v) is 2.36. The number of fused-ring (bicyclic) bond motifs is 1. The van der Waals surface area contributed by atoms with E-state index in [1.54, 1.807) is 0 Å². The summed E-state index contributed by atoms with van der Waals surface area (Å²) in [6, 6.07) is 6.24. The maximum Gasteiger partial charge on any atom is 0.120 e. The Morgan fingerprint density at radius 2 is 2.26 bits per heavy atom. The van der Waals surface area contributed by atoms with Gasteiger partial charge in [0.1, 0.15) is 5.75 Å². The first kappa shape index (κ1) is 13.7. The number of hydrogen-bond acceptors (Lipinski definition) is 2. The number of H-pyrrole nitrogens is 1. The van der Waals surface area contributed by atoms with E-state index in [9.17, 15) is 0 Å². The van der Waals surface area contributed by atoms with E-state index in [2.05, 4.69) is 35.9 Å². The molecule has 2 rings (SSSR count). The summed E-state index contributed by atoms with van der Waals surface area (Å²) in [7, 11) is 0. The molecule has 3 nitrogen and oxygen atoms in total. The molecule has 0 saturated heterocycles. The second-order valence-corrected chi connectivity index (χ2v) is 4.61. The van der Waals surface area contributed by atoms with Gasteiger partial charge in [-0.25, -0.2) is 0 Å². The second-order valence-electron chi connectivity index (χ2n) is 4.61. The Hall–Kier alpha value is -1.74. The molecule has 0 spiro atoms. The van der Waals surface area contributed by atoms with E-state index in [-0.39, 0.29) is 0 Å². The number of nitrogens with one attached hydrogen (secondary N) is 2. The first-order chi connectivity index (χ1) is 9.26. The summed E-state index contributed by atoms with van der Waals surface area (Å²) in [6.45, 7) is 10.4. The maximum absolute atomic E-state index is 5.58. The molecule has 0 amide bonds. The van der Waals surface area contributed by atoms with Gasteiger partial charge in [-0.15, -0.1) is 6.58 Å². The largest absolute Gasteiger partial charge is 0.494 e. The average molecular weight is 258 g/mol. The third-order valence-electron chi connectivity index (χ3n) is 3.24. The summed E-state index contributed by atoms with van der Waals surface area (Å²) in [5.41, 5.74) is 3.79. The highest BCUT2D eigenvalue weighted by Gasteiger charge is 2.09. The number of rotatable bonds is 7. The van der Waals surface area contributed by atoms with Crippen LogP contribution in [0.25, 0.3) is 10.9 Å². The topological polar surface area (TPSA) is 37.0 Å². The molecule has 0 unspecified atom stereocenters. The number of ether oxygens (including phenoxy) is 1. The van der Waals surface area contributed by atoms with Gasteiger partial charge in [0.05, 0.1) is 6.61 Å².